The zero-order chi connectivity index (χ0) is 20.7. The Hall–Kier alpha value is -0.0800. The minimum absolute atomic E-state index is 0.100. The van der Waals surface area contributed by atoms with E-state index in [9.17, 15) is 10.2 Å². The van der Waals surface area contributed by atoms with E-state index in [2.05, 4.69) is 13.8 Å². The first-order valence-corrected chi connectivity index (χ1v) is 13.0. The van der Waals surface area contributed by atoms with E-state index in [0.717, 1.165) is 25.7 Å². The van der Waals surface area contributed by atoms with Crippen molar-refractivity contribution in [2.45, 2.75) is 155 Å². The van der Waals surface area contributed by atoms with Crippen molar-refractivity contribution in [3.05, 3.63) is 0 Å². The first kappa shape index (κ1) is 27.9. The van der Waals surface area contributed by atoms with Crippen molar-refractivity contribution < 1.29 is 10.2 Å². The van der Waals surface area contributed by atoms with Gasteiger partial charge in [-0.1, -0.05) is 136 Å². The molecule has 2 N–H and O–H groups in total. The smallest absolute Gasteiger partial charge is 0.0590 e. The largest absolute Gasteiger partial charge is 0.396 e. The Labute approximate surface area is 177 Å². The van der Waals surface area contributed by atoms with Crippen LogP contribution in [0.3, 0.4) is 0 Å². The van der Waals surface area contributed by atoms with Crippen LogP contribution in [0.5, 0.6) is 0 Å². The minimum atomic E-state index is -0.298. The predicted octanol–water partition coefficient (Wildman–Crippen LogP) is 8.19. The lowest BCUT2D eigenvalue weighted by Crippen LogP contribution is -2.23. The summed E-state index contributed by atoms with van der Waals surface area (Å²) in [7, 11) is 0. The van der Waals surface area contributed by atoms with Crippen LogP contribution >= 0.6 is 0 Å². The minimum Gasteiger partial charge on any atom is -0.396 e. The zero-order valence-corrected chi connectivity index (χ0v) is 19.6. The van der Waals surface area contributed by atoms with Gasteiger partial charge in [-0.3, -0.25) is 0 Å². The van der Waals surface area contributed by atoms with Gasteiger partial charge in [0.15, 0.2) is 0 Å². The van der Waals surface area contributed by atoms with Crippen molar-refractivity contribution in [1.82, 2.24) is 0 Å². The number of rotatable bonds is 23. The van der Waals surface area contributed by atoms with E-state index in [1.54, 1.807) is 0 Å². The summed E-state index contributed by atoms with van der Waals surface area (Å²) in [5, 5.41) is 20.0. The molecule has 0 aromatic heterocycles. The maximum atomic E-state index is 10.4. The van der Waals surface area contributed by atoms with Crippen molar-refractivity contribution in [3.8, 4) is 0 Å². The highest BCUT2D eigenvalue weighted by Gasteiger charge is 2.17. The molecule has 0 spiro atoms. The summed E-state index contributed by atoms with van der Waals surface area (Å²) in [4.78, 5) is 0. The summed E-state index contributed by atoms with van der Waals surface area (Å²) < 4.78 is 0. The van der Waals surface area contributed by atoms with E-state index < -0.39 is 0 Å². The second-order valence-electron chi connectivity index (χ2n) is 9.10. The Kier molecular flexibility index (Phi) is 23.1. The van der Waals surface area contributed by atoms with E-state index >= 15 is 0 Å². The molecule has 0 saturated heterocycles. The van der Waals surface area contributed by atoms with Gasteiger partial charge < -0.3 is 10.2 Å². The highest BCUT2D eigenvalue weighted by molar-refractivity contribution is 4.68. The molecule has 28 heavy (non-hydrogen) atoms. The zero-order valence-electron chi connectivity index (χ0n) is 19.6. The van der Waals surface area contributed by atoms with Gasteiger partial charge >= 0.3 is 0 Å². The SMILES string of the molecule is CCCCCCCCCCCCC(O)C(CO)CCCCCCCCCCC. The van der Waals surface area contributed by atoms with Gasteiger partial charge in [-0.15, -0.1) is 0 Å². The molecule has 0 fully saturated rings. The third kappa shape index (κ3) is 19.2. The van der Waals surface area contributed by atoms with Crippen LogP contribution in [0.15, 0.2) is 0 Å². The molecule has 2 atom stereocenters. The van der Waals surface area contributed by atoms with Gasteiger partial charge in [0.25, 0.3) is 0 Å². The molecule has 0 aliphatic heterocycles. The first-order valence-electron chi connectivity index (χ1n) is 13.0. The third-order valence-electron chi connectivity index (χ3n) is 6.31. The standard InChI is InChI=1S/C26H54O2/c1-3-5-7-9-11-13-15-17-19-21-23-26(28)25(24-27)22-20-18-16-14-12-10-8-6-4-2/h25-28H,3-24H2,1-2H3. The van der Waals surface area contributed by atoms with Crippen molar-refractivity contribution in [2.75, 3.05) is 6.61 Å². The fourth-order valence-electron chi connectivity index (χ4n) is 4.20. The van der Waals surface area contributed by atoms with Gasteiger partial charge in [0, 0.05) is 12.5 Å². The van der Waals surface area contributed by atoms with Crippen LogP contribution in [0.1, 0.15) is 149 Å². The van der Waals surface area contributed by atoms with Crippen molar-refractivity contribution in [2.24, 2.45) is 5.92 Å². The summed E-state index contributed by atoms with van der Waals surface area (Å²) in [5.41, 5.74) is 0. The Morgan fingerprint density at radius 2 is 0.786 bits per heavy atom. The topological polar surface area (TPSA) is 40.5 Å². The van der Waals surface area contributed by atoms with Crippen molar-refractivity contribution >= 4 is 0 Å². The number of hydrogen-bond acceptors (Lipinski definition) is 2. The highest BCUT2D eigenvalue weighted by atomic mass is 16.3. The molecule has 0 amide bonds. The van der Waals surface area contributed by atoms with E-state index in [0.29, 0.717) is 0 Å². The van der Waals surface area contributed by atoms with Crippen LogP contribution < -0.4 is 0 Å². The quantitative estimate of drug-likeness (QED) is 0.170. The second-order valence-corrected chi connectivity index (χ2v) is 9.10. The van der Waals surface area contributed by atoms with Crippen LogP contribution in [0.2, 0.25) is 0 Å². The number of hydrogen-bond donors (Lipinski definition) is 2. The second kappa shape index (κ2) is 23.2. The third-order valence-corrected chi connectivity index (χ3v) is 6.31. The molecule has 0 radical (unpaired) electrons. The van der Waals surface area contributed by atoms with Crippen molar-refractivity contribution in [1.29, 1.82) is 0 Å². The fourth-order valence-corrected chi connectivity index (χ4v) is 4.20. The number of aliphatic hydroxyl groups is 2. The molecule has 2 heteroatoms. The molecule has 0 aromatic carbocycles. The molecular formula is C26H54O2. The molecule has 0 bridgehead atoms. The highest BCUT2D eigenvalue weighted by Crippen LogP contribution is 2.20. The van der Waals surface area contributed by atoms with Crippen LogP contribution in [0, 0.1) is 5.92 Å². The normalized spacial score (nSPS) is 13.7. The molecule has 2 nitrogen and oxygen atoms in total. The predicted molar refractivity (Wildman–Crippen MR) is 125 cm³/mol. The van der Waals surface area contributed by atoms with E-state index in [1.807, 2.05) is 0 Å². The maximum Gasteiger partial charge on any atom is 0.0590 e. The fraction of sp³-hybridized carbons (Fsp3) is 1.00. The van der Waals surface area contributed by atoms with Gasteiger partial charge in [-0.05, 0) is 12.8 Å². The van der Waals surface area contributed by atoms with Crippen LogP contribution in [0.4, 0.5) is 0 Å². The van der Waals surface area contributed by atoms with Crippen molar-refractivity contribution in [3.63, 3.8) is 0 Å². The molecule has 0 aromatic rings. The molecule has 2 unspecified atom stereocenters. The average Bonchev–Trinajstić information content (AvgIpc) is 2.70. The Morgan fingerprint density at radius 1 is 0.464 bits per heavy atom. The monoisotopic (exact) mass is 398 g/mol. The Morgan fingerprint density at radius 3 is 1.14 bits per heavy atom. The Balaban J connectivity index is 3.46. The van der Waals surface area contributed by atoms with E-state index in [4.69, 9.17) is 0 Å². The van der Waals surface area contributed by atoms with Gasteiger partial charge in [-0.25, -0.2) is 0 Å². The number of aliphatic hydroxyl groups excluding tert-OH is 2. The van der Waals surface area contributed by atoms with Crippen LogP contribution in [-0.4, -0.2) is 22.9 Å². The molecule has 0 aliphatic carbocycles. The average molecular weight is 399 g/mol. The van der Waals surface area contributed by atoms with Gasteiger partial charge in [-0.2, -0.15) is 0 Å². The lowest BCUT2D eigenvalue weighted by Gasteiger charge is -2.21. The summed E-state index contributed by atoms with van der Waals surface area (Å²) >= 11 is 0. The first-order chi connectivity index (χ1) is 13.8. The summed E-state index contributed by atoms with van der Waals surface area (Å²) in [5.74, 6) is 0.100. The number of unbranched alkanes of at least 4 members (excludes halogenated alkanes) is 17. The maximum absolute atomic E-state index is 10.4. The van der Waals surface area contributed by atoms with Crippen LogP contribution in [0.25, 0.3) is 0 Å². The Bertz CT molecular complexity index is 280. The molecule has 0 rings (SSSR count). The molecular weight excluding hydrogens is 344 g/mol. The molecule has 0 heterocycles. The van der Waals surface area contributed by atoms with Gasteiger partial charge in [0.05, 0.1) is 6.10 Å². The van der Waals surface area contributed by atoms with E-state index in [1.165, 1.54) is 109 Å². The molecule has 0 saturated carbocycles. The van der Waals surface area contributed by atoms with E-state index in [-0.39, 0.29) is 18.6 Å². The summed E-state index contributed by atoms with van der Waals surface area (Å²) in [6.45, 7) is 4.69. The molecule has 170 valence electrons. The van der Waals surface area contributed by atoms with Gasteiger partial charge in [0.2, 0.25) is 0 Å². The summed E-state index contributed by atoms with van der Waals surface area (Å²) in [6.07, 6.45) is 26.9. The summed E-state index contributed by atoms with van der Waals surface area (Å²) in [6, 6.07) is 0. The van der Waals surface area contributed by atoms with Gasteiger partial charge in [0.1, 0.15) is 0 Å². The molecule has 0 aliphatic rings. The lowest BCUT2D eigenvalue weighted by atomic mass is 9.92. The van der Waals surface area contributed by atoms with Crippen LogP contribution in [-0.2, 0) is 0 Å². The lowest BCUT2D eigenvalue weighted by molar-refractivity contribution is 0.0528.